The summed E-state index contributed by atoms with van der Waals surface area (Å²) < 4.78 is 11.1. The second-order valence-electron chi connectivity index (χ2n) is 5.75. The summed E-state index contributed by atoms with van der Waals surface area (Å²) >= 11 is 0. The lowest BCUT2D eigenvalue weighted by Crippen LogP contribution is -2.38. The molecule has 0 aromatic carbocycles. The van der Waals surface area contributed by atoms with Crippen LogP contribution in [0.4, 0.5) is 0 Å². The molecule has 18 heavy (non-hydrogen) atoms. The molecule has 0 N–H and O–H groups in total. The molecule has 1 aromatic rings. The summed E-state index contributed by atoms with van der Waals surface area (Å²) in [6, 6.07) is 0. The Morgan fingerprint density at radius 2 is 2.00 bits per heavy atom. The van der Waals surface area contributed by atoms with Gasteiger partial charge >= 0.3 is 0 Å². The maximum absolute atomic E-state index is 5.99. The number of rotatable bonds is 4. The first-order valence-corrected chi connectivity index (χ1v) is 6.62. The average molecular weight is 250 g/mol. The van der Waals surface area contributed by atoms with Crippen LogP contribution >= 0.6 is 0 Å². The van der Waals surface area contributed by atoms with Gasteiger partial charge in [0.15, 0.2) is 0 Å². The Labute approximate surface area is 108 Å². The molecule has 1 heterocycles. The highest BCUT2D eigenvalue weighted by molar-refractivity contribution is 5.33. The van der Waals surface area contributed by atoms with E-state index in [1.165, 1.54) is 0 Å². The van der Waals surface area contributed by atoms with E-state index < -0.39 is 0 Å². The Hall–Kier alpha value is -1.16. The topological polar surface area (TPSA) is 48.2 Å². The quantitative estimate of drug-likeness (QED) is 0.820. The summed E-state index contributed by atoms with van der Waals surface area (Å²) in [7, 11) is 0. The van der Waals surface area contributed by atoms with Gasteiger partial charge in [-0.25, -0.2) is 0 Å². The van der Waals surface area contributed by atoms with Gasteiger partial charge in [-0.2, -0.15) is 4.98 Å². The molecule has 0 spiro atoms. The summed E-state index contributed by atoms with van der Waals surface area (Å²) in [5.74, 6) is 1.14. The molecule has 0 atom stereocenters. The number of aromatic nitrogens is 2. The van der Waals surface area contributed by atoms with Gasteiger partial charge in [-0.3, -0.25) is 0 Å². The van der Waals surface area contributed by atoms with E-state index in [2.05, 4.69) is 30.6 Å². The lowest BCUT2D eigenvalue weighted by atomic mass is 9.70. The molecule has 0 radical (unpaired) electrons. The lowest BCUT2D eigenvalue weighted by molar-refractivity contribution is -0.0957. The Morgan fingerprint density at radius 3 is 2.50 bits per heavy atom. The van der Waals surface area contributed by atoms with E-state index in [-0.39, 0.29) is 5.60 Å². The molecule has 1 saturated carbocycles. The molecule has 4 heteroatoms. The minimum atomic E-state index is -0.366. The predicted octanol–water partition coefficient (Wildman–Crippen LogP) is 3.54. The van der Waals surface area contributed by atoms with Crippen molar-refractivity contribution in [3.63, 3.8) is 0 Å². The number of hydrogen-bond acceptors (Lipinski definition) is 4. The van der Waals surface area contributed by atoms with Crippen molar-refractivity contribution >= 4 is 6.08 Å². The second kappa shape index (κ2) is 4.84. The molecule has 1 aromatic heterocycles. The van der Waals surface area contributed by atoms with Crippen LogP contribution in [0.15, 0.2) is 11.1 Å². The molecule has 0 saturated heterocycles. The van der Waals surface area contributed by atoms with Gasteiger partial charge in [-0.05, 0) is 44.1 Å². The minimum Gasteiger partial charge on any atom is -0.367 e. The Kier molecular flexibility index (Phi) is 3.57. The monoisotopic (exact) mass is 250 g/mol. The van der Waals surface area contributed by atoms with Crippen LogP contribution in [-0.4, -0.2) is 16.7 Å². The molecule has 2 rings (SSSR count). The van der Waals surface area contributed by atoms with Crippen molar-refractivity contribution in [3.05, 3.63) is 18.3 Å². The van der Waals surface area contributed by atoms with E-state index >= 15 is 0 Å². The number of nitrogens with zero attached hydrogens (tertiary/aromatic N) is 2. The third-order valence-electron chi connectivity index (χ3n) is 3.86. The van der Waals surface area contributed by atoms with Gasteiger partial charge in [0.05, 0.1) is 0 Å². The molecular weight excluding hydrogens is 228 g/mol. The highest BCUT2D eigenvalue weighted by Gasteiger charge is 2.43. The van der Waals surface area contributed by atoms with Crippen molar-refractivity contribution in [2.24, 2.45) is 5.41 Å². The van der Waals surface area contributed by atoms with Crippen LogP contribution in [-0.2, 0) is 10.3 Å². The average Bonchev–Trinajstić information content (AvgIpc) is 2.82. The maximum atomic E-state index is 5.99. The maximum Gasteiger partial charge on any atom is 0.250 e. The Balaban J connectivity index is 2.24. The summed E-state index contributed by atoms with van der Waals surface area (Å²) in [5, 5.41) is 4.07. The van der Waals surface area contributed by atoms with Crippen LogP contribution < -0.4 is 0 Å². The van der Waals surface area contributed by atoms with Crippen molar-refractivity contribution in [2.75, 3.05) is 6.61 Å². The van der Waals surface area contributed by atoms with Crippen molar-refractivity contribution < 1.29 is 9.26 Å². The first-order chi connectivity index (χ1) is 8.51. The minimum absolute atomic E-state index is 0.366. The largest absolute Gasteiger partial charge is 0.367 e. The van der Waals surface area contributed by atoms with Gasteiger partial charge in [0.2, 0.25) is 11.7 Å². The van der Waals surface area contributed by atoms with Crippen LogP contribution in [0, 0.1) is 5.41 Å². The van der Waals surface area contributed by atoms with Gasteiger partial charge in [-0.1, -0.05) is 25.6 Å². The molecule has 1 aliphatic rings. The van der Waals surface area contributed by atoms with E-state index in [1.54, 1.807) is 6.08 Å². The molecule has 0 aliphatic heterocycles. The molecule has 4 nitrogen and oxygen atoms in total. The van der Waals surface area contributed by atoms with Crippen molar-refractivity contribution in [1.29, 1.82) is 0 Å². The van der Waals surface area contributed by atoms with Crippen LogP contribution in [0.25, 0.3) is 6.08 Å². The molecule has 1 fully saturated rings. The van der Waals surface area contributed by atoms with Crippen molar-refractivity contribution in [1.82, 2.24) is 10.1 Å². The van der Waals surface area contributed by atoms with Gasteiger partial charge in [0, 0.05) is 6.61 Å². The standard InChI is InChI=1S/C14H22N2O2/c1-5-11-15-12(16-18-11)14(17-6-2)9-7-13(3,4)8-10-14/h5H,1,6-10H2,2-4H3. The van der Waals surface area contributed by atoms with Crippen LogP contribution in [0.2, 0.25) is 0 Å². The highest BCUT2D eigenvalue weighted by Crippen LogP contribution is 2.46. The van der Waals surface area contributed by atoms with Crippen LogP contribution in [0.1, 0.15) is 58.2 Å². The first kappa shape index (κ1) is 13.3. The zero-order valence-corrected chi connectivity index (χ0v) is 11.5. The Morgan fingerprint density at radius 1 is 1.33 bits per heavy atom. The number of hydrogen-bond donors (Lipinski definition) is 0. The zero-order chi connectivity index (χ0) is 13.2. The highest BCUT2D eigenvalue weighted by atomic mass is 16.5. The first-order valence-electron chi connectivity index (χ1n) is 6.62. The molecule has 0 unspecified atom stereocenters. The third-order valence-corrected chi connectivity index (χ3v) is 3.86. The van der Waals surface area contributed by atoms with E-state index in [0.717, 1.165) is 25.7 Å². The van der Waals surface area contributed by atoms with E-state index in [1.807, 2.05) is 6.92 Å². The van der Waals surface area contributed by atoms with Gasteiger partial charge in [0.25, 0.3) is 0 Å². The van der Waals surface area contributed by atoms with E-state index in [0.29, 0.717) is 23.7 Å². The van der Waals surface area contributed by atoms with Gasteiger partial charge < -0.3 is 9.26 Å². The fourth-order valence-electron chi connectivity index (χ4n) is 2.54. The van der Waals surface area contributed by atoms with Gasteiger partial charge in [-0.15, -0.1) is 0 Å². The Bertz CT molecular complexity index is 413. The van der Waals surface area contributed by atoms with Gasteiger partial charge in [0.1, 0.15) is 5.60 Å². The van der Waals surface area contributed by atoms with Crippen LogP contribution in [0.5, 0.6) is 0 Å². The smallest absolute Gasteiger partial charge is 0.250 e. The summed E-state index contributed by atoms with van der Waals surface area (Å²) in [6.45, 7) is 10.9. The summed E-state index contributed by atoms with van der Waals surface area (Å²) in [6.07, 6.45) is 5.70. The summed E-state index contributed by atoms with van der Waals surface area (Å²) in [5.41, 5.74) is 0.0145. The molecule has 100 valence electrons. The SMILES string of the molecule is C=Cc1nc(C2(OCC)CCC(C)(C)CC2)no1. The van der Waals surface area contributed by atoms with Crippen molar-refractivity contribution in [3.8, 4) is 0 Å². The molecular formula is C14H22N2O2. The van der Waals surface area contributed by atoms with E-state index in [4.69, 9.17) is 9.26 Å². The van der Waals surface area contributed by atoms with E-state index in [9.17, 15) is 0 Å². The summed E-state index contributed by atoms with van der Waals surface area (Å²) in [4.78, 5) is 4.37. The number of ether oxygens (including phenoxy) is 1. The fraction of sp³-hybridized carbons (Fsp3) is 0.714. The normalized spacial score (nSPS) is 21.7. The zero-order valence-electron chi connectivity index (χ0n) is 11.5. The van der Waals surface area contributed by atoms with Crippen LogP contribution in [0.3, 0.4) is 0 Å². The lowest BCUT2D eigenvalue weighted by Gasteiger charge is -2.41. The third kappa shape index (κ3) is 2.48. The van der Waals surface area contributed by atoms with Crippen molar-refractivity contribution in [2.45, 2.75) is 52.1 Å². The fourth-order valence-corrected chi connectivity index (χ4v) is 2.54. The molecule has 0 bridgehead atoms. The predicted molar refractivity (Wildman–Crippen MR) is 69.9 cm³/mol. The molecule has 0 amide bonds. The molecule has 1 aliphatic carbocycles. The second-order valence-corrected chi connectivity index (χ2v) is 5.75.